The van der Waals surface area contributed by atoms with Crippen molar-refractivity contribution >= 4 is 28.2 Å². The van der Waals surface area contributed by atoms with E-state index in [1.54, 1.807) is 0 Å². The van der Waals surface area contributed by atoms with Crippen LogP contribution in [-0.2, 0) is 9.59 Å². The molecule has 0 radical (unpaired) electrons. The smallest absolute Gasteiger partial charge is 0.229 e. The number of carbonyl (C=O) groups excluding carboxylic acids is 2. The van der Waals surface area contributed by atoms with Gasteiger partial charge >= 0.3 is 0 Å². The van der Waals surface area contributed by atoms with Gasteiger partial charge in [-0.3, -0.25) is 9.59 Å². The molecule has 146 valence electrons. The van der Waals surface area contributed by atoms with Gasteiger partial charge in [0.05, 0.1) is 5.69 Å². The summed E-state index contributed by atoms with van der Waals surface area (Å²) in [6, 6.07) is 5.75. The molecule has 2 aliphatic carbocycles. The number of anilines is 1. The van der Waals surface area contributed by atoms with Crippen LogP contribution in [0.15, 0.2) is 23.6 Å². The minimum absolute atomic E-state index is 0.00697. The van der Waals surface area contributed by atoms with Crippen molar-refractivity contribution in [2.24, 2.45) is 17.8 Å². The number of ether oxygens (including phenoxy) is 2. The van der Waals surface area contributed by atoms with E-state index in [1.807, 2.05) is 23.6 Å². The second-order valence-corrected chi connectivity index (χ2v) is 8.64. The van der Waals surface area contributed by atoms with Gasteiger partial charge in [-0.2, -0.15) is 0 Å². The summed E-state index contributed by atoms with van der Waals surface area (Å²) < 4.78 is 11.2. The number of thiazole rings is 1. The summed E-state index contributed by atoms with van der Waals surface area (Å²) in [5, 5.41) is 5.49. The number of hydrogen-bond acceptors (Lipinski definition) is 6. The fraction of sp³-hybridized carbons (Fsp3) is 0.476. The molecule has 2 atom stereocenters. The number of amides is 1. The van der Waals surface area contributed by atoms with Crippen LogP contribution in [0.2, 0.25) is 0 Å². The van der Waals surface area contributed by atoms with Gasteiger partial charge in [-0.05, 0) is 43.9 Å². The van der Waals surface area contributed by atoms with E-state index in [0.717, 1.165) is 42.0 Å². The van der Waals surface area contributed by atoms with Crippen molar-refractivity contribution in [3.63, 3.8) is 0 Å². The standard InChI is InChI=1S/C21H22N2O4S/c24-19-13-2-1-3-14(19)9-15(8-13)20(25)23-21-22-16(11-28-21)12-4-5-17-18(10-12)27-7-6-26-17/h4-5,10-11,13-15H,1-3,6-9H2,(H,22,23,25). The highest BCUT2D eigenvalue weighted by Gasteiger charge is 2.41. The lowest BCUT2D eigenvalue weighted by molar-refractivity contribution is -0.136. The molecule has 1 aromatic carbocycles. The zero-order valence-electron chi connectivity index (χ0n) is 15.5. The van der Waals surface area contributed by atoms with Crippen LogP contribution in [0.25, 0.3) is 11.3 Å². The molecule has 1 aromatic heterocycles. The van der Waals surface area contributed by atoms with Crippen LogP contribution in [0.3, 0.4) is 0 Å². The zero-order chi connectivity index (χ0) is 19.1. The Hall–Kier alpha value is -2.41. The molecule has 6 nitrogen and oxygen atoms in total. The molecule has 2 fully saturated rings. The number of rotatable bonds is 3. The predicted molar refractivity (Wildman–Crippen MR) is 106 cm³/mol. The molecule has 3 aliphatic rings. The van der Waals surface area contributed by atoms with Gasteiger partial charge in [0.25, 0.3) is 0 Å². The van der Waals surface area contributed by atoms with Gasteiger partial charge in [0.15, 0.2) is 16.6 Å². The largest absolute Gasteiger partial charge is 0.486 e. The lowest BCUT2D eigenvalue weighted by Gasteiger charge is -2.36. The average molecular weight is 398 g/mol. The summed E-state index contributed by atoms with van der Waals surface area (Å²) in [5.74, 6) is 1.91. The number of ketones is 1. The van der Waals surface area contributed by atoms with E-state index in [9.17, 15) is 9.59 Å². The molecular formula is C21H22N2O4S. The third-order valence-corrected chi connectivity index (χ3v) is 6.75. The van der Waals surface area contributed by atoms with Gasteiger partial charge in [-0.25, -0.2) is 4.98 Å². The highest BCUT2D eigenvalue weighted by molar-refractivity contribution is 7.14. The van der Waals surface area contributed by atoms with Crippen molar-refractivity contribution in [1.82, 2.24) is 4.98 Å². The lowest BCUT2D eigenvalue weighted by atomic mass is 9.67. The molecule has 1 aliphatic heterocycles. The van der Waals surface area contributed by atoms with Crippen LogP contribution in [0.5, 0.6) is 11.5 Å². The van der Waals surface area contributed by atoms with E-state index in [4.69, 9.17) is 9.47 Å². The van der Waals surface area contributed by atoms with Crippen molar-refractivity contribution in [2.45, 2.75) is 32.1 Å². The van der Waals surface area contributed by atoms with Crippen LogP contribution < -0.4 is 14.8 Å². The van der Waals surface area contributed by atoms with Crippen LogP contribution in [-0.4, -0.2) is 29.9 Å². The molecule has 28 heavy (non-hydrogen) atoms. The molecule has 2 saturated carbocycles. The van der Waals surface area contributed by atoms with E-state index >= 15 is 0 Å². The molecule has 2 heterocycles. The Kier molecular flexibility index (Phi) is 4.55. The zero-order valence-corrected chi connectivity index (χ0v) is 16.3. The third kappa shape index (κ3) is 3.28. The second kappa shape index (κ2) is 7.20. The van der Waals surface area contributed by atoms with E-state index in [-0.39, 0.29) is 23.7 Å². The van der Waals surface area contributed by atoms with Crippen LogP contribution in [0, 0.1) is 17.8 Å². The third-order valence-electron chi connectivity index (χ3n) is 5.99. The predicted octanol–water partition coefficient (Wildman–Crippen LogP) is 3.92. The van der Waals surface area contributed by atoms with Crippen molar-refractivity contribution in [2.75, 3.05) is 18.5 Å². The second-order valence-electron chi connectivity index (χ2n) is 7.78. The van der Waals surface area contributed by atoms with Gasteiger partial charge in [0.1, 0.15) is 19.0 Å². The van der Waals surface area contributed by atoms with Crippen molar-refractivity contribution in [3.8, 4) is 22.8 Å². The van der Waals surface area contributed by atoms with Crippen molar-refractivity contribution in [1.29, 1.82) is 0 Å². The van der Waals surface area contributed by atoms with Crippen molar-refractivity contribution in [3.05, 3.63) is 23.6 Å². The summed E-state index contributed by atoms with van der Waals surface area (Å²) in [5.41, 5.74) is 1.73. The summed E-state index contributed by atoms with van der Waals surface area (Å²) in [4.78, 5) is 29.6. The molecule has 2 bridgehead atoms. The number of nitrogens with zero attached hydrogens (tertiary/aromatic N) is 1. The first-order chi connectivity index (χ1) is 13.7. The van der Waals surface area contributed by atoms with Crippen molar-refractivity contribution < 1.29 is 19.1 Å². The first-order valence-electron chi connectivity index (χ1n) is 9.87. The molecule has 1 N–H and O–H groups in total. The number of carbonyl (C=O) groups is 2. The molecule has 2 unspecified atom stereocenters. The quantitative estimate of drug-likeness (QED) is 0.848. The van der Waals surface area contributed by atoms with E-state index < -0.39 is 0 Å². The Labute approximate surface area is 167 Å². The molecule has 2 aromatic rings. The van der Waals surface area contributed by atoms with Gasteiger partial charge in [0, 0.05) is 28.7 Å². The molecule has 0 spiro atoms. The molecule has 0 saturated heterocycles. The van der Waals surface area contributed by atoms with Crippen LogP contribution in [0.1, 0.15) is 32.1 Å². The van der Waals surface area contributed by atoms with Gasteiger partial charge in [-0.1, -0.05) is 6.42 Å². The molecule has 5 rings (SSSR count). The maximum Gasteiger partial charge on any atom is 0.229 e. The molecule has 1 amide bonds. The average Bonchev–Trinajstić information content (AvgIpc) is 3.16. The number of fused-ring (bicyclic) bond motifs is 3. The van der Waals surface area contributed by atoms with Gasteiger partial charge in [0.2, 0.25) is 5.91 Å². The number of hydrogen-bond donors (Lipinski definition) is 1. The first-order valence-corrected chi connectivity index (χ1v) is 10.8. The van der Waals surface area contributed by atoms with Gasteiger partial charge in [-0.15, -0.1) is 11.3 Å². The summed E-state index contributed by atoms with van der Waals surface area (Å²) >= 11 is 1.41. The summed E-state index contributed by atoms with van der Waals surface area (Å²) in [6.45, 7) is 1.11. The number of benzene rings is 1. The van der Waals surface area contributed by atoms with Crippen LogP contribution >= 0.6 is 11.3 Å². The molecule has 7 heteroatoms. The number of aromatic nitrogens is 1. The fourth-order valence-corrected chi connectivity index (χ4v) is 5.29. The Morgan fingerprint density at radius 1 is 1.11 bits per heavy atom. The topological polar surface area (TPSA) is 77.5 Å². The Morgan fingerprint density at radius 2 is 1.86 bits per heavy atom. The Balaban J connectivity index is 1.28. The van der Waals surface area contributed by atoms with Gasteiger partial charge < -0.3 is 14.8 Å². The minimum Gasteiger partial charge on any atom is -0.486 e. The maximum absolute atomic E-state index is 12.8. The molecular weight excluding hydrogens is 376 g/mol. The Morgan fingerprint density at radius 3 is 2.64 bits per heavy atom. The maximum atomic E-state index is 12.8. The van der Waals surface area contributed by atoms with E-state index in [2.05, 4.69) is 10.3 Å². The van der Waals surface area contributed by atoms with E-state index in [0.29, 0.717) is 37.0 Å². The van der Waals surface area contributed by atoms with E-state index in [1.165, 1.54) is 11.3 Å². The first kappa shape index (κ1) is 17.7. The fourth-order valence-electron chi connectivity index (χ4n) is 4.57. The lowest BCUT2D eigenvalue weighted by Crippen LogP contribution is -2.40. The summed E-state index contributed by atoms with van der Waals surface area (Å²) in [7, 11) is 0. The number of Topliss-reactive ketones (excluding diaryl/α,β-unsaturated/α-hetero) is 1. The minimum atomic E-state index is -0.0883. The SMILES string of the molecule is O=C(Nc1nc(-c2ccc3c(c2)OCCO3)cs1)C1CC2CCCC(C1)C2=O. The Bertz CT molecular complexity index is 909. The monoisotopic (exact) mass is 398 g/mol. The highest BCUT2D eigenvalue weighted by Crippen LogP contribution is 2.41. The summed E-state index contributed by atoms with van der Waals surface area (Å²) in [6.07, 6.45) is 4.35. The highest BCUT2D eigenvalue weighted by atomic mass is 32.1. The number of nitrogens with one attached hydrogen (secondary N) is 1. The normalized spacial score (nSPS) is 26.0. The van der Waals surface area contributed by atoms with Crippen LogP contribution in [0.4, 0.5) is 5.13 Å².